The van der Waals surface area contributed by atoms with Crippen LogP contribution in [0.25, 0.3) is 0 Å². The molecular weight excluding hydrogens is 368 g/mol. The maximum absolute atomic E-state index is 12.6. The van der Waals surface area contributed by atoms with Gasteiger partial charge in [0.25, 0.3) is 0 Å². The van der Waals surface area contributed by atoms with E-state index < -0.39 is 23.8 Å². The Balaban J connectivity index is 1.80. The van der Waals surface area contributed by atoms with Crippen molar-refractivity contribution in [2.24, 2.45) is 0 Å². The van der Waals surface area contributed by atoms with Crippen molar-refractivity contribution in [1.82, 2.24) is 5.32 Å². The minimum Gasteiger partial charge on any atom is -0.465 e. The summed E-state index contributed by atoms with van der Waals surface area (Å²) in [6.45, 7) is 0. The van der Waals surface area contributed by atoms with Gasteiger partial charge in [-0.15, -0.1) is 0 Å². The second-order valence-corrected chi connectivity index (χ2v) is 6.22. The van der Waals surface area contributed by atoms with Crippen molar-refractivity contribution in [2.45, 2.75) is 6.04 Å². The predicted molar refractivity (Wildman–Crippen MR) is 109 cm³/mol. The highest BCUT2D eigenvalue weighted by Gasteiger charge is 2.23. The number of amides is 2. The number of carbonyl (C=O) groups is 3. The fourth-order valence-electron chi connectivity index (χ4n) is 2.91. The van der Waals surface area contributed by atoms with Crippen molar-refractivity contribution in [1.29, 1.82) is 0 Å². The SMILES string of the molecule is COC(=O)c1ccccc1NC(=O)C(=O)NC(c1ccccc1)c1ccccc1. The summed E-state index contributed by atoms with van der Waals surface area (Å²) in [5.41, 5.74) is 2.05. The Labute approximate surface area is 168 Å². The number of nitrogens with one attached hydrogen (secondary N) is 2. The van der Waals surface area contributed by atoms with Crippen LogP contribution in [0.2, 0.25) is 0 Å². The second kappa shape index (κ2) is 9.32. The molecule has 0 radical (unpaired) electrons. The quantitative estimate of drug-likeness (QED) is 0.519. The molecule has 6 heteroatoms. The smallest absolute Gasteiger partial charge is 0.339 e. The molecule has 29 heavy (non-hydrogen) atoms. The first-order valence-corrected chi connectivity index (χ1v) is 8.99. The summed E-state index contributed by atoms with van der Waals surface area (Å²) in [4.78, 5) is 37.0. The molecule has 0 saturated carbocycles. The maximum Gasteiger partial charge on any atom is 0.339 e. The summed E-state index contributed by atoms with van der Waals surface area (Å²) in [5, 5.41) is 5.25. The zero-order chi connectivity index (χ0) is 20.6. The molecule has 6 nitrogen and oxygen atoms in total. The van der Waals surface area contributed by atoms with Gasteiger partial charge in [0.2, 0.25) is 0 Å². The number of carbonyl (C=O) groups excluding carboxylic acids is 3. The van der Waals surface area contributed by atoms with E-state index in [4.69, 9.17) is 4.74 Å². The normalized spacial score (nSPS) is 10.3. The molecule has 0 spiro atoms. The lowest BCUT2D eigenvalue weighted by Gasteiger charge is -2.19. The first-order valence-electron chi connectivity index (χ1n) is 8.99. The van der Waals surface area contributed by atoms with Gasteiger partial charge in [-0.2, -0.15) is 0 Å². The molecule has 0 aliphatic carbocycles. The summed E-state index contributed by atoms with van der Waals surface area (Å²) in [7, 11) is 1.25. The molecule has 0 bridgehead atoms. The average molecular weight is 388 g/mol. The van der Waals surface area contributed by atoms with Crippen LogP contribution >= 0.6 is 0 Å². The van der Waals surface area contributed by atoms with Crippen LogP contribution in [-0.2, 0) is 14.3 Å². The van der Waals surface area contributed by atoms with Gasteiger partial charge >= 0.3 is 17.8 Å². The molecule has 3 aromatic carbocycles. The van der Waals surface area contributed by atoms with Crippen LogP contribution in [0.5, 0.6) is 0 Å². The van der Waals surface area contributed by atoms with E-state index in [0.717, 1.165) is 11.1 Å². The Bertz CT molecular complexity index is 964. The molecule has 0 fully saturated rings. The fraction of sp³-hybridized carbons (Fsp3) is 0.0870. The molecule has 0 aliphatic rings. The predicted octanol–water partition coefficient (Wildman–Crippen LogP) is 3.32. The first kappa shape index (κ1) is 19.8. The maximum atomic E-state index is 12.6. The van der Waals surface area contributed by atoms with Crippen molar-refractivity contribution in [2.75, 3.05) is 12.4 Å². The second-order valence-electron chi connectivity index (χ2n) is 6.22. The van der Waals surface area contributed by atoms with Crippen LogP contribution in [0.4, 0.5) is 5.69 Å². The number of esters is 1. The van der Waals surface area contributed by atoms with Crippen molar-refractivity contribution >= 4 is 23.5 Å². The molecule has 0 saturated heterocycles. The average Bonchev–Trinajstić information content (AvgIpc) is 2.78. The molecule has 0 atom stereocenters. The van der Waals surface area contributed by atoms with Gasteiger partial charge in [0.05, 0.1) is 24.4 Å². The zero-order valence-electron chi connectivity index (χ0n) is 15.8. The summed E-state index contributed by atoms with van der Waals surface area (Å²) in [5.74, 6) is -2.30. The summed E-state index contributed by atoms with van der Waals surface area (Å²) in [6.07, 6.45) is 0. The van der Waals surface area contributed by atoms with E-state index in [9.17, 15) is 14.4 Å². The largest absolute Gasteiger partial charge is 0.465 e. The molecule has 3 aromatic rings. The van der Waals surface area contributed by atoms with Gasteiger partial charge in [0.1, 0.15) is 0 Å². The lowest BCUT2D eigenvalue weighted by atomic mass is 9.98. The molecule has 3 rings (SSSR count). The van der Waals surface area contributed by atoms with Crippen LogP contribution in [0.3, 0.4) is 0 Å². The van der Waals surface area contributed by atoms with Gasteiger partial charge in [-0.05, 0) is 23.3 Å². The van der Waals surface area contributed by atoms with Crippen LogP contribution in [0, 0.1) is 0 Å². The van der Waals surface area contributed by atoms with Gasteiger partial charge in [0, 0.05) is 0 Å². The fourth-order valence-corrected chi connectivity index (χ4v) is 2.91. The zero-order valence-corrected chi connectivity index (χ0v) is 15.8. The highest BCUT2D eigenvalue weighted by atomic mass is 16.5. The molecule has 2 amide bonds. The van der Waals surface area contributed by atoms with Gasteiger partial charge < -0.3 is 15.4 Å². The van der Waals surface area contributed by atoms with Crippen molar-refractivity contribution in [3.8, 4) is 0 Å². The van der Waals surface area contributed by atoms with Crippen molar-refractivity contribution in [3.63, 3.8) is 0 Å². The van der Waals surface area contributed by atoms with Gasteiger partial charge in [-0.25, -0.2) is 4.79 Å². The van der Waals surface area contributed by atoms with E-state index in [0.29, 0.717) is 0 Å². The van der Waals surface area contributed by atoms with Gasteiger partial charge in [-0.3, -0.25) is 9.59 Å². The Hall–Kier alpha value is -3.93. The lowest BCUT2D eigenvalue weighted by molar-refractivity contribution is -0.136. The van der Waals surface area contributed by atoms with E-state index in [-0.39, 0.29) is 11.3 Å². The molecule has 0 aliphatic heterocycles. The molecule has 2 N–H and O–H groups in total. The first-order chi connectivity index (χ1) is 14.1. The van der Waals surface area contributed by atoms with E-state index in [1.165, 1.54) is 19.2 Å². The van der Waals surface area contributed by atoms with Gasteiger partial charge in [-0.1, -0.05) is 72.8 Å². The highest BCUT2D eigenvalue weighted by molar-refractivity contribution is 6.40. The molecule has 0 heterocycles. The third-order valence-corrected chi connectivity index (χ3v) is 4.33. The topological polar surface area (TPSA) is 84.5 Å². The number of ether oxygens (including phenoxy) is 1. The number of benzene rings is 3. The van der Waals surface area contributed by atoms with Crippen molar-refractivity contribution < 1.29 is 19.1 Å². The van der Waals surface area contributed by atoms with Gasteiger partial charge in [0.15, 0.2) is 0 Å². The van der Waals surface area contributed by atoms with Crippen LogP contribution in [-0.4, -0.2) is 24.9 Å². The lowest BCUT2D eigenvalue weighted by Crippen LogP contribution is -2.38. The number of para-hydroxylation sites is 1. The minimum atomic E-state index is -0.877. The number of rotatable bonds is 5. The number of hydrogen-bond acceptors (Lipinski definition) is 4. The van der Waals surface area contributed by atoms with Crippen LogP contribution in [0.15, 0.2) is 84.9 Å². The summed E-state index contributed by atoms with van der Waals surface area (Å²) >= 11 is 0. The van der Waals surface area contributed by atoms with E-state index in [1.54, 1.807) is 12.1 Å². The number of methoxy groups -OCH3 is 1. The Morgan fingerprint density at radius 1 is 0.724 bits per heavy atom. The van der Waals surface area contributed by atoms with Crippen LogP contribution in [0.1, 0.15) is 27.5 Å². The molecule has 146 valence electrons. The Kier molecular flexibility index (Phi) is 6.37. The number of anilines is 1. The minimum absolute atomic E-state index is 0.166. The van der Waals surface area contributed by atoms with E-state index >= 15 is 0 Å². The van der Waals surface area contributed by atoms with Crippen molar-refractivity contribution in [3.05, 3.63) is 102 Å². The van der Waals surface area contributed by atoms with E-state index in [1.807, 2.05) is 60.7 Å². The molecule has 0 aromatic heterocycles. The monoisotopic (exact) mass is 388 g/mol. The Morgan fingerprint density at radius 3 is 1.79 bits per heavy atom. The molecular formula is C23H20N2O4. The Morgan fingerprint density at radius 2 is 1.24 bits per heavy atom. The third kappa shape index (κ3) is 4.87. The standard InChI is InChI=1S/C23H20N2O4/c1-29-23(28)18-14-8-9-15-19(18)24-21(26)22(27)25-20(16-10-4-2-5-11-16)17-12-6-3-7-13-17/h2-15,20H,1H3,(H,24,26)(H,25,27). The highest BCUT2D eigenvalue weighted by Crippen LogP contribution is 2.22. The van der Waals surface area contributed by atoms with E-state index in [2.05, 4.69) is 10.6 Å². The summed E-state index contributed by atoms with van der Waals surface area (Å²) < 4.78 is 4.71. The molecule has 0 unspecified atom stereocenters. The summed E-state index contributed by atoms with van der Waals surface area (Å²) in [6, 6.07) is 24.6. The third-order valence-electron chi connectivity index (χ3n) is 4.33. The van der Waals surface area contributed by atoms with Crippen LogP contribution < -0.4 is 10.6 Å². The number of hydrogen-bond donors (Lipinski definition) is 2.